The molecule has 3 N–H and O–H groups in total. The van der Waals surface area contributed by atoms with Crippen molar-refractivity contribution in [1.29, 1.82) is 0 Å². The Hall–Kier alpha value is -2.59. The SMILES string of the molecule is CN1CC(c2cc(NC=O)ccc2F)N=C(N)C(C)(C)S1=O.Cc1cc(C)on1. The standard InChI is InChI=1S/C14H19FN4O2S.C5H7NO/c1-14(2)13(16)18-12(7-19(3)22(14)21)10-6-9(17-8-20)4-5-11(10)15;1-4-3-5(2)7-6-4/h4-6,8,12H,7H2,1-3H3,(H2,16,18)(H,17,20);3H,1-2H3. The summed E-state index contributed by atoms with van der Waals surface area (Å²) in [6.45, 7) is 7.51. The van der Waals surface area contributed by atoms with Gasteiger partial charge in [-0.2, -0.15) is 0 Å². The zero-order valence-corrected chi connectivity index (χ0v) is 17.9. The topological polar surface area (TPSA) is 114 Å². The van der Waals surface area contributed by atoms with Crippen LogP contribution in [0.3, 0.4) is 0 Å². The molecule has 2 atom stereocenters. The molecule has 2 aromatic rings. The van der Waals surface area contributed by atoms with Crippen LogP contribution in [0, 0.1) is 19.7 Å². The Kier molecular flexibility index (Phi) is 7.26. The van der Waals surface area contributed by atoms with Crippen molar-refractivity contribution in [1.82, 2.24) is 9.46 Å². The molecule has 29 heavy (non-hydrogen) atoms. The van der Waals surface area contributed by atoms with Gasteiger partial charge in [0.2, 0.25) is 6.41 Å². The smallest absolute Gasteiger partial charge is 0.211 e. The number of amidine groups is 1. The van der Waals surface area contributed by atoms with Gasteiger partial charge in [0.1, 0.15) is 33.1 Å². The van der Waals surface area contributed by atoms with E-state index in [1.807, 2.05) is 19.9 Å². The Labute approximate surface area is 171 Å². The van der Waals surface area contributed by atoms with Gasteiger partial charge < -0.3 is 15.6 Å². The highest BCUT2D eigenvalue weighted by Gasteiger charge is 2.38. The molecular formula is C19H26FN5O3S. The minimum absolute atomic E-state index is 0.216. The molecule has 2 heterocycles. The number of carbonyl (C=O) groups excluding carboxylic acids is 1. The van der Waals surface area contributed by atoms with E-state index in [-0.39, 0.29) is 12.4 Å². The molecule has 10 heteroatoms. The first-order chi connectivity index (χ1) is 13.6. The summed E-state index contributed by atoms with van der Waals surface area (Å²) in [5.74, 6) is 0.641. The van der Waals surface area contributed by atoms with Gasteiger partial charge in [-0.25, -0.2) is 12.9 Å². The molecule has 2 unspecified atom stereocenters. The lowest BCUT2D eigenvalue weighted by Gasteiger charge is -2.25. The van der Waals surface area contributed by atoms with E-state index in [9.17, 15) is 13.4 Å². The zero-order valence-electron chi connectivity index (χ0n) is 17.1. The average molecular weight is 424 g/mol. The highest BCUT2D eigenvalue weighted by atomic mass is 32.2. The van der Waals surface area contributed by atoms with Crippen LogP contribution in [0.15, 0.2) is 33.8 Å². The average Bonchev–Trinajstić information content (AvgIpc) is 3.02. The predicted octanol–water partition coefficient (Wildman–Crippen LogP) is 2.47. The first-order valence-electron chi connectivity index (χ1n) is 8.92. The third-order valence-corrected chi connectivity index (χ3v) is 6.19. The van der Waals surface area contributed by atoms with Crippen LogP contribution < -0.4 is 11.1 Å². The number of benzene rings is 1. The molecule has 1 aromatic heterocycles. The zero-order chi connectivity index (χ0) is 21.8. The molecule has 158 valence electrons. The molecule has 0 saturated heterocycles. The van der Waals surface area contributed by atoms with Crippen LogP contribution in [0.5, 0.6) is 0 Å². The fourth-order valence-corrected chi connectivity index (χ4v) is 4.06. The first-order valence-corrected chi connectivity index (χ1v) is 10.0. The number of nitrogens with zero attached hydrogens (tertiary/aromatic N) is 3. The highest BCUT2D eigenvalue weighted by Crippen LogP contribution is 2.30. The normalized spacial score (nSPS) is 21.4. The Bertz CT molecular complexity index is 912. The lowest BCUT2D eigenvalue weighted by Crippen LogP contribution is -2.45. The molecular weight excluding hydrogens is 397 g/mol. The number of amides is 1. The lowest BCUT2D eigenvalue weighted by atomic mass is 10.0. The van der Waals surface area contributed by atoms with E-state index >= 15 is 0 Å². The highest BCUT2D eigenvalue weighted by molar-refractivity contribution is 7.85. The van der Waals surface area contributed by atoms with Gasteiger partial charge in [-0.3, -0.25) is 9.79 Å². The Morgan fingerprint density at radius 1 is 1.38 bits per heavy atom. The van der Waals surface area contributed by atoms with Crippen LogP contribution in [-0.4, -0.2) is 44.3 Å². The largest absolute Gasteiger partial charge is 0.386 e. The van der Waals surface area contributed by atoms with Gasteiger partial charge in [-0.05, 0) is 52.9 Å². The molecule has 0 fully saturated rings. The summed E-state index contributed by atoms with van der Waals surface area (Å²) in [5, 5.41) is 6.12. The van der Waals surface area contributed by atoms with Crippen LogP contribution >= 0.6 is 0 Å². The van der Waals surface area contributed by atoms with Crippen molar-refractivity contribution in [2.75, 3.05) is 18.9 Å². The molecule has 1 aliphatic heterocycles. The van der Waals surface area contributed by atoms with Crippen LogP contribution in [0.1, 0.15) is 36.9 Å². The van der Waals surface area contributed by atoms with E-state index in [4.69, 9.17) is 10.3 Å². The van der Waals surface area contributed by atoms with E-state index < -0.39 is 27.6 Å². The number of hydrogen-bond acceptors (Lipinski definition) is 6. The van der Waals surface area contributed by atoms with E-state index in [0.29, 0.717) is 17.7 Å². The predicted molar refractivity (Wildman–Crippen MR) is 111 cm³/mol. The van der Waals surface area contributed by atoms with Gasteiger partial charge in [0.15, 0.2) is 0 Å². The quantitative estimate of drug-likeness (QED) is 0.736. The summed E-state index contributed by atoms with van der Waals surface area (Å²) < 4.78 is 32.1. The number of anilines is 1. The van der Waals surface area contributed by atoms with E-state index in [2.05, 4.69) is 15.5 Å². The van der Waals surface area contributed by atoms with Crippen molar-refractivity contribution in [3.63, 3.8) is 0 Å². The summed E-state index contributed by atoms with van der Waals surface area (Å²) in [6.07, 6.45) is 0.520. The molecule has 3 rings (SSSR count). The molecule has 0 radical (unpaired) electrons. The summed E-state index contributed by atoms with van der Waals surface area (Å²) in [6, 6.07) is 5.53. The number of aliphatic imine (C=N–C) groups is 1. The summed E-state index contributed by atoms with van der Waals surface area (Å²) in [4.78, 5) is 14.9. The monoisotopic (exact) mass is 423 g/mol. The molecule has 8 nitrogen and oxygen atoms in total. The number of likely N-dealkylation sites (N-methyl/N-ethyl adjacent to an activating group) is 1. The molecule has 0 bridgehead atoms. The van der Waals surface area contributed by atoms with Crippen molar-refractivity contribution >= 4 is 28.9 Å². The summed E-state index contributed by atoms with van der Waals surface area (Å²) >= 11 is 0. The number of aromatic nitrogens is 1. The molecule has 0 spiro atoms. The van der Waals surface area contributed by atoms with Crippen LogP contribution in [-0.2, 0) is 15.8 Å². The van der Waals surface area contributed by atoms with Crippen molar-refractivity contribution in [3.05, 3.63) is 47.1 Å². The maximum absolute atomic E-state index is 14.2. The van der Waals surface area contributed by atoms with Gasteiger partial charge in [-0.15, -0.1) is 0 Å². The van der Waals surface area contributed by atoms with E-state index in [0.717, 1.165) is 11.5 Å². The number of halogens is 1. The van der Waals surface area contributed by atoms with Crippen molar-refractivity contribution in [2.24, 2.45) is 10.7 Å². The Balaban J connectivity index is 0.000000360. The summed E-state index contributed by atoms with van der Waals surface area (Å²) in [7, 11) is 0.316. The van der Waals surface area contributed by atoms with Crippen molar-refractivity contribution in [3.8, 4) is 0 Å². The minimum Gasteiger partial charge on any atom is -0.386 e. The Morgan fingerprint density at radius 2 is 2.07 bits per heavy atom. The second-order valence-corrected chi connectivity index (χ2v) is 9.32. The minimum atomic E-state index is -1.37. The Morgan fingerprint density at radius 3 is 2.59 bits per heavy atom. The fourth-order valence-electron chi connectivity index (χ4n) is 2.77. The number of nitrogens with two attached hydrogens (primary N) is 1. The molecule has 1 amide bonds. The number of rotatable bonds is 3. The molecule has 0 saturated carbocycles. The van der Waals surface area contributed by atoms with Crippen LogP contribution in [0.4, 0.5) is 10.1 Å². The lowest BCUT2D eigenvalue weighted by molar-refractivity contribution is -0.105. The molecule has 1 aromatic carbocycles. The van der Waals surface area contributed by atoms with E-state index in [1.165, 1.54) is 18.2 Å². The van der Waals surface area contributed by atoms with Crippen molar-refractivity contribution in [2.45, 2.75) is 38.5 Å². The molecule has 0 aliphatic carbocycles. The second kappa shape index (κ2) is 9.27. The molecule has 1 aliphatic rings. The van der Waals surface area contributed by atoms with Gasteiger partial charge in [0, 0.05) is 23.9 Å². The van der Waals surface area contributed by atoms with Gasteiger partial charge >= 0.3 is 0 Å². The second-order valence-electron chi connectivity index (χ2n) is 7.18. The number of aryl methyl sites for hydroxylation is 2. The number of carbonyl (C=O) groups is 1. The van der Waals surface area contributed by atoms with Gasteiger partial charge in [-0.1, -0.05) is 5.16 Å². The van der Waals surface area contributed by atoms with Crippen LogP contribution in [0.25, 0.3) is 0 Å². The third kappa shape index (κ3) is 5.48. The van der Waals surface area contributed by atoms with Gasteiger partial charge in [0.25, 0.3) is 0 Å². The maximum Gasteiger partial charge on any atom is 0.211 e. The van der Waals surface area contributed by atoms with Gasteiger partial charge in [0.05, 0.1) is 11.7 Å². The van der Waals surface area contributed by atoms with Crippen LogP contribution in [0.2, 0.25) is 0 Å². The fraction of sp³-hybridized carbons (Fsp3) is 0.421. The summed E-state index contributed by atoms with van der Waals surface area (Å²) in [5.41, 5.74) is 7.69. The maximum atomic E-state index is 14.2. The number of hydrogen-bond donors (Lipinski definition) is 2. The first kappa shape index (κ1) is 22.7. The number of nitrogens with one attached hydrogen (secondary N) is 1. The third-order valence-electron chi connectivity index (χ3n) is 4.39. The van der Waals surface area contributed by atoms with Crippen molar-refractivity contribution < 1.29 is 17.9 Å². The van der Waals surface area contributed by atoms with E-state index in [1.54, 1.807) is 25.2 Å².